The van der Waals surface area contributed by atoms with Crippen molar-refractivity contribution in [3.63, 3.8) is 0 Å². The molecule has 0 radical (unpaired) electrons. The van der Waals surface area contributed by atoms with Gasteiger partial charge in [0.05, 0.1) is 13.2 Å². The van der Waals surface area contributed by atoms with Crippen molar-refractivity contribution in [1.29, 1.82) is 0 Å². The van der Waals surface area contributed by atoms with Gasteiger partial charge in [0, 0.05) is 22.5 Å². The molecule has 0 aliphatic carbocycles. The minimum Gasteiger partial charge on any atom is -0.494 e. The Bertz CT molecular complexity index is 1300. The molecule has 0 saturated carbocycles. The van der Waals surface area contributed by atoms with Crippen molar-refractivity contribution in [3.05, 3.63) is 119 Å². The molecule has 0 aliphatic heterocycles. The molecule has 0 bridgehead atoms. The van der Waals surface area contributed by atoms with Crippen LogP contribution >= 0.6 is 0 Å². The van der Waals surface area contributed by atoms with Crippen molar-refractivity contribution >= 4 is 23.2 Å². The number of ether oxygens (including phenoxy) is 2. The molecule has 0 saturated heterocycles. The predicted octanol–water partition coefficient (Wildman–Crippen LogP) is 8.92. The van der Waals surface area contributed by atoms with Crippen molar-refractivity contribution in [2.24, 2.45) is 0 Å². The lowest BCUT2D eigenvalue weighted by molar-refractivity contribution is 0.101. The average Bonchev–Trinajstić information content (AvgIpc) is 3.04. The molecule has 224 valence electrons. The summed E-state index contributed by atoms with van der Waals surface area (Å²) in [5.41, 5.74) is 4.89. The SMILES string of the molecule is CCCCCOc1ccc(C(=O)Nc2ccc(Cc3ccc(NC(=O)c4ccc(OCCCCC)cc4)cc3)cc2)cc1. The first-order chi connectivity index (χ1) is 21.0. The number of anilines is 2. The number of hydrogen-bond donors (Lipinski definition) is 2. The topological polar surface area (TPSA) is 76.7 Å². The number of amides is 2. The Kier molecular flexibility index (Phi) is 12.2. The minimum atomic E-state index is -0.158. The van der Waals surface area contributed by atoms with Gasteiger partial charge >= 0.3 is 0 Å². The third kappa shape index (κ3) is 10.3. The monoisotopic (exact) mass is 578 g/mol. The second kappa shape index (κ2) is 16.8. The number of carbonyl (C=O) groups excluding carboxylic acids is 2. The third-order valence-electron chi connectivity index (χ3n) is 7.10. The molecular weight excluding hydrogens is 536 g/mol. The second-order valence-corrected chi connectivity index (χ2v) is 10.6. The van der Waals surface area contributed by atoms with Crippen molar-refractivity contribution in [3.8, 4) is 11.5 Å². The molecule has 4 aromatic rings. The van der Waals surface area contributed by atoms with Crippen LogP contribution in [0.5, 0.6) is 11.5 Å². The molecule has 0 fully saturated rings. The van der Waals surface area contributed by atoms with E-state index >= 15 is 0 Å². The lowest BCUT2D eigenvalue weighted by Crippen LogP contribution is -2.12. The lowest BCUT2D eigenvalue weighted by Gasteiger charge is -2.10. The summed E-state index contributed by atoms with van der Waals surface area (Å²) in [6.45, 7) is 5.71. The number of hydrogen-bond acceptors (Lipinski definition) is 4. The van der Waals surface area contributed by atoms with Gasteiger partial charge in [-0.3, -0.25) is 9.59 Å². The zero-order valence-electron chi connectivity index (χ0n) is 25.2. The van der Waals surface area contributed by atoms with E-state index in [0.29, 0.717) is 24.3 Å². The standard InChI is InChI=1S/C37H42N2O4/c1-3-5-7-25-42-34-21-13-30(14-22-34)36(40)38-32-17-9-28(10-18-32)27-29-11-19-33(20-12-29)39-37(41)31-15-23-35(24-16-31)43-26-8-6-4-2/h9-24H,3-8,25-27H2,1-2H3,(H,38,40)(H,39,41). The fourth-order valence-electron chi connectivity index (χ4n) is 4.54. The zero-order valence-corrected chi connectivity index (χ0v) is 25.2. The van der Waals surface area contributed by atoms with Crippen LogP contribution in [0.15, 0.2) is 97.1 Å². The Labute approximate surface area is 255 Å². The van der Waals surface area contributed by atoms with Crippen LogP contribution in [-0.4, -0.2) is 25.0 Å². The van der Waals surface area contributed by atoms with Crippen LogP contribution in [0.25, 0.3) is 0 Å². The predicted molar refractivity (Wildman–Crippen MR) is 175 cm³/mol. The molecule has 43 heavy (non-hydrogen) atoms. The van der Waals surface area contributed by atoms with Gasteiger partial charge in [0.2, 0.25) is 0 Å². The molecule has 0 heterocycles. The van der Waals surface area contributed by atoms with Crippen molar-refractivity contribution < 1.29 is 19.1 Å². The van der Waals surface area contributed by atoms with Gasteiger partial charge in [0.1, 0.15) is 11.5 Å². The van der Waals surface area contributed by atoms with E-state index < -0.39 is 0 Å². The maximum absolute atomic E-state index is 12.7. The van der Waals surface area contributed by atoms with Crippen LogP contribution in [0.3, 0.4) is 0 Å². The van der Waals surface area contributed by atoms with Crippen LogP contribution in [0.4, 0.5) is 11.4 Å². The fraction of sp³-hybridized carbons (Fsp3) is 0.297. The second-order valence-electron chi connectivity index (χ2n) is 10.6. The van der Waals surface area contributed by atoms with Gasteiger partial charge in [-0.05, 0) is 103 Å². The van der Waals surface area contributed by atoms with Gasteiger partial charge in [0.25, 0.3) is 11.8 Å². The molecule has 0 aliphatic rings. The van der Waals surface area contributed by atoms with Gasteiger partial charge in [-0.1, -0.05) is 63.8 Å². The Balaban J connectivity index is 1.23. The van der Waals surface area contributed by atoms with E-state index in [0.717, 1.165) is 78.9 Å². The molecule has 6 nitrogen and oxygen atoms in total. The van der Waals surface area contributed by atoms with Crippen LogP contribution in [0, 0.1) is 0 Å². The van der Waals surface area contributed by atoms with E-state index in [1.807, 2.05) is 72.8 Å². The van der Waals surface area contributed by atoms with Crippen LogP contribution in [-0.2, 0) is 6.42 Å². The van der Waals surface area contributed by atoms with Gasteiger partial charge in [-0.2, -0.15) is 0 Å². The van der Waals surface area contributed by atoms with Crippen molar-refractivity contribution in [1.82, 2.24) is 0 Å². The van der Waals surface area contributed by atoms with E-state index in [-0.39, 0.29) is 11.8 Å². The summed E-state index contributed by atoms with van der Waals surface area (Å²) in [5, 5.41) is 5.91. The largest absolute Gasteiger partial charge is 0.494 e. The van der Waals surface area contributed by atoms with Crippen molar-refractivity contribution in [2.45, 2.75) is 58.8 Å². The number of nitrogens with one attached hydrogen (secondary N) is 2. The summed E-state index contributed by atoms with van der Waals surface area (Å²) in [7, 11) is 0. The molecule has 0 atom stereocenters. The first kappa shape index (κ1) is 31.4. The highest BCUT2D eigenvalue weighted by atomic mass is 16.5. The number of carbonyl (C=O) groups is 2. The zero-order chi connectivity index (χ0) is 30.3. The molecule has 6 heteroatoms. The van der Waals surface area contributed by atoms with Gasteiger partial charge in [0.15, 0.2) is 0 Å². The highest BCUT2D eigenvalue weighted by Gasteiger charge is 2.09. The molecule has 4 rings (SSSR count). The maximum Gasteiger partial charge on any atom is 0.255 e. The highest BCUT2D eigenvalue weighted by Crippen LogP contribution is 2.19. The first-order valence-electron chi connectivity index (χ1n) is 15.3. The summed E-state index contributed by atoms with van der Waals surface area (Å²) in [5.74, 6) is 1.24. The van der Waals surface area contributed by atoms with Gasteiger partial charge < -0.3 is 20.1 Å². The smallest absolute Gasteiger partial charge is 0.255 e. The molecule has 4 aromatic carbocycles. The van der Waals surface area contributed by atoms with Gasteiger partial charge in [-0.25, -0.2) is 0 Å². The Hall–Kier alpha value is -4.58. The maximum atomic E-state index is 12.7. The van der Waals surface area contributed by atoms with E-state index in [9.17, 15) is 9.59 Å². The number of rotatable bonds is 16. The highest BCUT2D eigenvalue weighted by molar-refractivity contribution is 6.05. The molecule has 0 spiro atoms. The summed E-state index contributed by atoms with van der Waals surface area (Å²) in [4.78, 5) is 25.4. The Morgan fingerprint density at radius 1 is 0.512 bits per heavy atom. The molecular formula is C37H42N2O4. The summed E-state index contributed by atoms with van der Waals surface area (Å²) < 4.78 is 11.5. The van der Waals surface area contributed by atoms with Gasteiger partial charge in [-0.15, -0.1) is 0 Å². The van der Waals surface area contributed by atoms with Crippen molar-refractivity contribution in [2.75, 3.05) is 23.8 Å². The lowest BCUT2D eigenvalue weighted by atomic mass is 10.0. The minimum absolute atomic E-state index is 0.158. The molecule has 0 unspecified atom stereocenters. The van der Waals surface area contributed by atoms with Crippen LogP contribution in [0.1, 0.15) is 84.2 Å². The van der Waals surface area contributed by atoms with E-state index in [1.54, 1.807) is 24.3 Å². The Morgan fingerprint density at radius 2 is 0.884 bits per heavy atom. The van der Waals surface area contributed by atoms with E-state index in [2.05, 4.69) is 24.5 Å². The number of unbranched alkanes of at least 4 members (excludes halogenated alkanes) is 4. The van der Waals surface area contributed by atoms with Crippen LogP contribution < -0.4 is 20.1 Å². The molecule has 2 N–H and O–H groups in total. The normalized spacial score (nSPS) is 10.7. The Morgan fingerprint density at radius 3 is 1.23 bits per heavy atom. The quantitative estimate of drug-likeness (QED) is 0.130. The summed E-state index contributed by atoms with van der Waals surface area (Å²) >= 11 is 0. The summed E-state index contributed by atoms with van der Waals surface area (Å²) in [6, 6.07) is 30.2. The average molecular weight is 579 g/mol. The first-order valence-corrected chi connectivity index (χ1v) is 15.3. The summed E-state index contributed by atoms with van der Waals surface area (Å²) in [6.07, 6.45) is 7.42. The van der Waals surface area contributed by atoms with E-state index in [1.165, 1.54) is 0 Å². The van der Waals surface area contributed by atoms with Crippen LogP contribution in [0.2, 0.25) is 0 Å². The molecule has 0 aromatic heterocycles. The third-order valence-corrected chi connectivity index (χ3v) is 7.10. The van der Waals surface area contributed by atoms with E-state index in [4.69, 9.17) is 9.47 Å². The number of benzene rings is 4. The fourth-order valence-corrected chi connectivity index (χ4v) is 4.54. The molecule has 2 amide bonds.